The number of urea groups is 1. The van der Waals surface area contributed by atoms with Gasteiger partial charge < -0.3 is 9.84 Å². The molecule has 0 aromatic heterocycles. The SMILES string of the molecule is CCOc1cc(/C=C2\C(=O)NC(=O)N(c3ccc(Cl)cc3)C2=O)c(Br)c(Cl)c1O. The van der Waals surface area contributed by atoms with Gasteiger partial charge in [-0.15, -0.1) is 0 Å². The fourth-order valence-corrected chi connectivity index (χ4v) is 3.36. The molecule has 3 rings (SSSR count). The van der Waals surface area contributed by atoms with Crippen LogP contribution in [-0.2, 0) is 9.59 Å². The summed E-state index contributed by atoms with van der Waals surface area (Å²) >= 11 is 15.2. The highest BCUT2D eigenvalue weighted by molar-refractivity contribution is 9.10. The fraction of sp³-hybridized carbons (Fsp3) is 0.105. The zero-order valence-corrected chi connectivity index (χ0v) is 17.9. The highest BCUT2D eigenvalue weighted by atomic mass is 79.9. The summed E-state index contributed by atoms with van der Waals surface area (Å²) < 4.78 is 5.58. The molecule has 2 aromatic rings. The van der Waals surface area contributed by atoms with E-state index in [0.29, 0.717) is 10.6 Å². The number of halogens is 3. The number of nitrogens with zero attached hydrogens (tertiary/aromatic N) is 1. The van der Waals surface area contributed by atoms with Crippen molar-refractivity contribution < 1.29 is 24.2 Å². The van der Waals surface area contributed by atoms with Crippen LogP contribution in [0.4, 0.5) is 10.5 Å². The number of nitrogens with one attached hydrogen (secondary N) is 1. The lowest BCUT2D eigenvalue weighted by molar-refractivity contribution is -0.122. The van der Waals surface area contributed by atoms with E-state index in [-0.39, 0.29) is 38.9 Å². The number of barbiturate groups is 1. The number of carbonyl (C=O) groups is 3. The average molecular weight is 500 g/mol. The van der Waals surface area contributed by atoms with E-state index >= 15 is 0 Å². The smallest absolute Gasteiger partial charge is 0.335 e. The molecule has 0 unspecified atom stereocenters. The predicted molar refractivity (Wildman–Crippen MR) is 112 cm³/mol. The first-order valence-electron chi connectivity index (χ1n) is 8.25. The Morgan fingerprint density at radius 2 is 1.86 bits per heavy atom. The quantitative estimate of drug-likeness (QED) is 0.476. The molecule has 0 atom stereocenters. The third-order valence-electron chi connectivity index (χ3n) is 3.96. The van der Waals surface area contributed by atoms with Gasteiger partial charge in [-0.1, -0.05) is 23.2 Å². The van der Waals surface area contributed by atoms with Crippen LogP contribution in [0.25, 0.3) is 6.08 Å². The normalized spacial score (nSPS) is 15.7. The summed E-state index contributed by atoms with van der Waals surface area (Å²) in [5.41, 5.74) is 0.248. The minimum absolute atomic E-state index is 0.0444. The number of anilines is 1. The Bertz CT molecular complexity index is 1050. The number of benzene rings is 2. The van der Waals surface area contributed by atoms with Gasteiger partial charge in [-0.25, -0.2) is 9.69 Å². The van der Waals surface area contributed by atoms with Crippen LogP contribution in [0.1, 0.15) is 12.5 Å². The highest BCUT2D eigenvalue weighted by Crippen LogP contribution is 2.42. The van der Waals surface area contributed by atoms with Crippen molar-refractivity contribution in [3.8, 4) is 11.5 Å². The summed E-state index contributed by atoms with van der Waals surface area (Å²) in [6.45, 7) is 1.99. The summed E-state index contributed by atoms with van der Waals surface area (Å²) in [6, 6.07) is 6.54. The van der Waals surface area contributed by atoms with Gasteiger partial charge >= 0.3 is 6.03 Å². The summed E-state index contributed by atoms with van der Waals surface area (Å²) in [6.07, 6.45) is 1.25. The average Bonchev–Trinajstić information content (AvgIpc) is 2.68. The number of phenolic OH excluding ortho intramolecular Hbond substituents is 1. The van der Waals surface area contributed by atoms with Crippen molar-refractivity contribution in [3.05, 3.63) is 56.0 Å². The number of imide groups is 2. The lowest BCUT2D eigenvalue weighted by atomic mass is 10.1. The molecule has 10 heteroatoms. The van der Waals surface area contributed by atoms with Crippen LogP contribution in [0.2, 0.25) is 10.0 Å². The Hall–Kier alpha value is -2.55. The van der Waals surface area contributed by atoms with Crippen molar-refractivity contribution in [2.45, 2.75) is 6.92 Å². The minimum Gasteiger partial charge on any atom is -0.503 e. The number of ether oxygens (including phenoxy) is 1. The molecule has 4 amide bonds. The van der Waals surface area contributed by atoms with Crippen LogP contribution >= 0.6 is 39.1 Å². The molecular weight excluding hydrogens is 487 g/mol. The first kappa shape index (κ1) is 21.2. The van der Waals surface area contributed by atoms with Gasteiger partial charge in [-0.3, -0.25) is 14.9 Å². The Balaban J connectivity index is 2.08. The molecule has 0 aliphatic carbocycles. The molecule has 7 nitrogen and oxygen atoms in total. The molecule has 29 heavy (non-hydrogen) atoms. The Kier molecular flexibility index (Phi) is 6.16. The van der Waals surface area contributed by atoms with Crippen molar-refractivity contribution >= 4 is 68.7 Å². The van der Waals surface area contributed by atoms with Gasteiger partial charge in [0.15, 0.2) is 11.5 Å². The Morgan fingerprint density at radius 1 is 1.21 bits per heavy atom. The van der Waals surface area contributed by atoms with E-state index in [9.17, 15) is 19.5 Å². The first-order chi connectivity index (χ1) is 13.7. The van der Waals surface area contributed by atoms with Gasteiger partial charge in [0.2, 0.25) is 0 Å². The number of carbonyl (C=O) groups excluding carboxylic acids is 3. The molecule has 0 radical (unpaired) electrons. The fourth-order valence-electron chi connectivity index (χ4n) is 2.62. The second-order valence-electron chi connectivity index (χ2n) is 5.81. The van der Waals surface area contributed by atoms with Crippen LogP contribution in [0, 0.1) is 0 Å². The number of phenols is 1. The van der Waals surface area contributed by atoms with Crippen LogP contribution in [-0.4, -0.2) is 29.6 Å². The van der Waals surface area contributed by atoms with E-state index in [1.807, 2.05) is 0 Å². The molecule has 2 N–H and O–H groups in total. The maximum absolute atomic E-state index is 12.9. The first-order valence-corrected chi connectivity index (χ1v) is 9.80. The molecule has 1 aliphatic heterocycles. The number of rotatable bonds is 4. The lowest BCUT2D eigenvalue weighted by Crippen LogP contribution is -2.54. The molecule has 150 valence electrons. The summed E-state index contributed by atoms with van der Waals surface area (Å²) in [7, 11) is 0. The Morgan fingerprint density at radius 3 is 2.48 bits per heavy atom. The van der Waals surface area contributed by atoms with Crippen molar-refractivity contribution in [3.63, 3.8) is 0 Å². The molecule has 0 spiro atoms. The molecule has 0 bridgehead atoms. The summed E-state index contributed by atoms with van der Waals surface area (Å²) in [4.78, 5) is 38.3. The molecule has 1 fully saturated rings. The second-order valence-corrected chi connectivity index (χ2v) is 7.42. The molecule has 1 saturated heterocycles. The molecular formula is C19H13BrCl2N2O5. The molecule has 1 heterocycles. The third kappa shape index (κ3) is 4.10. The maximum atomic E-state index is 12.9. The molecule has 2 aromatic carbocycles. The van der Waals surface area contributed by atoms with Crippen molar-refractivity contribution in [2.75, 3.05) is 11.5 Å². The van der Waals surface area contributed by atoms with Crippen LogP contribution in [0.5, 0.6) is 11.5 Å². The van der Waals surface area contributed by atoms with Gasteiger partial charge in [-0.05, 0) is 64.8 Å². The number of amides is 4. The minimum atomic E-state index is -0.878. The Labute approximate surface area is 184 Å². The third-order valence-corrected chi connectivity index (χ3v) is 5.66. The predicted octanol–water partition coefficient (Wildman–Crippen LogP) is 4.53. The van der Waals surface area contributed by atoms with E-state index in [1.165, 1.54) is 36.4 Å². The molecule has 0 saturated carbocycles. The van der Waals surface area contributed by atoms with Gasteiger partial charge in [0.1, 0.15) is 10.6 Å². The van der Waals surface area contributed by atoms with Gasteiger partial charge in [0.05, 0.1) is 12.3 Å². The van der Waals surface area contributed by atoms with Crippen molar-refractivity contribution in [1.82, 2.24) is 5.32 Å². The summed E-state index contributed by atoms with van der Waals surface area (Å²) in [5, 5.41) is 12.6. The van der Waals surface area contributed by atoms with Crippen LogP contribution in [0.15, 0.2) is 40.4 Å². The van der Waals surface area contributed by atoms with Gasteiger partial charge in [0, 0.05) is 9.50 Å². The zero-order valence-electron chi connectivity index (χ0n) is 14.8. The number of hydrogen-bond donors (Lipinski definition) is 2. The van der Waals surface area contributed by atoms with Crippen molar-refractivity contribution in [2.24, 2.45) is 0 Å². The second kappa shape index (κ2) is 8.44. The van der Waals surface area contributed by atoms with Crippen LogP contribution < -0.4 is 15.0 Å². The van der Waals surface area contributed by atoms with Gasteiger partial charge in [0.25, 0.3) is 11.8 Å². The van der Waals surface area contributed by atoms with E-state index in [0.717, 1.165) is 4.90 Å². The number of aromatic hydroxyl groups is 1. The topological polar surface area (TPSA) is 95.9 Å². The molecule has 1 aliphatic rings. The van der Waals surface area contributed by atoms with Gasteiger partial charge in [-0.2, -0.15) is 0 Å². The number of hydrogen-bond acceptors (Lipinski definition) is 5. The monoisotopic (exact) mass is 498 g/mol. The van der Waals surface area contributed by atoms with Crippen LogP contribution in [0.3, 0.4) is 0 Å². The highest BCUT2D eigenvalue weighted by Gasteiger charge is 2.37. The van der Waals surface area contributed by atoms with E-state index in [1.54, 1.807) is 6.92 Å². The van der Waals surface area contributed by atoms with E-state index < -0.39 is 17.8 Å². The standard InChI is InChI=1S/C19H13BrCl2N2O5/c1-2-29-13-8-9(14(20)15(22)16(13)25)7-12-17(26)23-19(28)24(18(12)27)11-5-3-10(21)4-6-11/h3-8,25H,2H2,1H3,(H,23,26,28)/b12-7+. The summed E-state index contributed by atoms with van der Waals surface area (Å²) in [5.74, 6) is -1.88. The van der Waals surface area contributed by atoms with E-state index in [2.05, 4.69) is 21.2 Å². The van der Waals surface area contributed by atoms with E-state index in [4.69, 9.17) is 27.9 Å². The lowest BCUT2D eigenvalue weighted by Gasteiger charge is -2.26. The largest absolute Gasteiger partial charge is 0.503 e. The van der Waals surface area contributed by atoms with Crippen molar-refractivity contribution in [1.29, 1.82) is 0 Å². The zero-order chi connectivity index (χ0) is 21.3. The maximum Gasteiger partial charge on any atom is 0.335 e.